The van der Waals surface area contributed by atoms with Crippen molar-refractivity contribution in [1.29, 1.82) is 0 Å². The van der Waals surface area contributed by atoms with E-state index in [0.717, 1.165) is 32.5 Å². The van der Waals surface area contributed by atoms with E-state index in [9.17, 15) is 5.11 Å². The van der Waals surface area contributed by atoms with Crippen LogP contribution >= 0.6 is 0 Å². The second-order valence-corrected chi connectivity index (χ2v) is 4.86. The summed E-state index contributed by atoms with van der Waals surface area (Å²) in [7, 11) is 0. The summed E-state index contributed by atoms with van der Waals surface area (Å²) in [6.07, 6.45) is 7.29. The first-order chi connectivity index (χ1) is 6.79. The van der Waals surface area contributed by atoms with Crippen LogP contribution in [0.5, 0.6) is 0 Å². The predicted octanol–water partition coefficient (Wildman–Crippen LogP) is 0.633. The maximum Gasteiger partial charge on any atom is 0.0773 e. The van der Waals surface area contributed by atoms with Crippen molar-refractivity contribution in [2.24, 2.45) is 0 Å². The van der Waals surface area contributed by atoms with Gasteiger partial charge in [-0.25, -0.2) is 0 Å². The summed E-state index contributed by atoms with van der Waals surface area (Å²) >= 11 is 0. The highest BCUT2D eigenvalue weighted by atomic mass is 16.3. The van der Waals surface area contributed by atoms with Crippen LogP contribution in [0, 0.1) is 0 Å². The molecule has 0 spiro atoms. The van der Waals surface area contributed by atoms with Gasteiger partial charge in [0, 0.05) is 19.1 Å². The maximum atomic E-state index is 9.63. The van der Waals surface area contributed by atoms with E-state index in [1.165, 1.54) is 25.7 Å². The van der Waals surface area contributed by atoms with Gasteiger partial charge in [0.25, 0.3) is 0 Å². The fourth-order valence-corrected chi connectivity index (χ4v) is 2.08. The average molecular weight is 198 g/mol. The van der Waals surface area contributed by atoms with Gasteiger partial charge in [-0.05, 0) is 32.2 Å². The maximum absolute atomic E-state index is 9.63. The lowest BCUT2D eigenvalue weighted by Crippen LogP contribution is -2.41. The molecule has 0 radical (unpaired) electrons. The number of aliphatic hydroxyl groups is 1. The second kappa shape index (κ2) is 4.60. The van der Waals surface area contributed by atoms with Crippen LogP contribution in [0.2, 0.25) is 0 Å². The quantitative estimate of drug-likeness (QED) is 0.621. The molecule has 1 saturated carbocycles. The van der Waals surface area contributed by atoms with E-state index in [1.807, 2.05) is 0 Å². The van der Waals surface area contributed by atoms with Gasteiger partial charge in [-0.1, -0.05) is 12.8 Å². The van der Waals surface area contributed by atoms with Crippen molar-refractivity contribution in [2.75, 3.05) is 19.6 Å². The van der Waals surface area contributed by atoms with Gasteiger partial charge in [-0.15, -0.1) is 0 Å². The fraction of sp³-hybridized carbons (Fsp3) is 1.00. The van der Waals surface area contributed by atoms with Crippen LogP contribution in [-0.2, 0) is 0 Å². The van der Waals surface area contributed by atoms with Gasteiger partial charge in [0.15, 0.2) is 0 Å². The Morgan fingerprint density at radius 3 is 2.93 bits per heavy atom. The van der Waals surface area contributed by atoms with Crippen molar-refractivity contribution in [3.8, 4) is 0 Å². The van der Waals surface area contributed by atoms with Gasteiger partial charge < -0.3 is 15.7 Å². The van der Waals surface area contributed by atoms with E-state index in [4.69, 9.17) is 0 Å². The molecule has 1 atom stereocenters. The molecule has 0 amide bonds. The van der Waals surface area contributed by atoms with Gasteiger partial charge >= 0.3 is 0 Å². The highest BCUT2D eigenvalue weighted by molar-refractivity contribution is 4.95. The monoisotopic (exact) mass is 198 g/mol. The normalized spacial score (nSPS) is 31.1. The summed E-state index contributed by atoms with van der Waals surface area (Å²) < 4.78 is 0. The molecule has 1 saturated heterocycles. The lowest BCUT2D eigenvalue weighted by Gasteiger charge is -2.17. The van der Waals surface area contributed by atoms with Crippen molar-refractivity contribution >= 4 is 0 Å². The SMILES string of the molecule is OC1(CNCC2CCCCCN2)CC1. The van der Waals surface area contributed by atoms with Crippen LogP contribution in [0.1, 0.15) is 38.5 Å². The van der Waals surface area contributed by atoms with Gasteiger partial charge in [0.05, 0.1) is 5.60 Å². The topological polar surface area (TPSA) is 44.3 Å². The minimum atomic E-state index is -0.343. The summed E-state index contributed by atoms with van der Waals surface area (Å²) in [5.74, 6) is 0. The van der Waals surface area contributed by atoms with Crippen molar-refractivity contribution in [1.82, 2.24) is 10.6 Å². The van der Waals surface area contributed by atoms with Crippen LogP contribution in [0.25, 0.3) is 0 Å². The van der Waals surface area contributed by atoms with E-state index in [1.54, 1.807) is 0 Å². The molecule has 82 valence electrons. The molecule has 3 heteroatoms. The minimum Gasteiger partial charge on any atom is -0.389 e. The number of hydrogen-bond acceptors (Lipinski definition) is 3. The lowest BCUT2D eigenvalue weighted by molar-refractivity contribution is 0.147. The average Bonchev–Trinajstić information content (AvgIpc) is 2.92. The molecule has 1 unspecified atom stereocenters. The van der Waals surface area contributed by atoms with E-state index in [0.29, 0.717) is 6.04 Å². The Labute approximate surface area is 86.3 Å². The third-order valence-electron chi connectivity index (χ3n) is 3.33. The highest BCUT2D eigenvalue weighted by Gasteiger charge is 2.39. The minimum absolute atomic E-state index is 0.343. The van der Waals surface area contributed by atoms with Gasteiger partial charge in [-0.2, -0.15) is 0 Å². The van der Waals surface area contributed by atoms with Crippen LogP contribution in [0.4, 0.5) is 0 Å². The first-order valence-electron chi connectivity index (χ1n) is 5.95. The van der Waals surface area contributed by atoms with Crippen molar-refractivity contribution < 1.29 is 5.11 Å². The third-order valence-corrected chi connectivity index (χ3v) is 3.33. The Bertz CT molecular complexity index is 172. The van der Waals surface area contributed by atoms with Gasteiger partial charge in [0.1, 0.15) is 0 Å². The molecule has 1 heterocycles. The molecular formula is C11H22N2O. The summed E-state index contributed by atoms with van der Waals surface area (Å²) in [5, 5.41) is 16.5. The van der Waals surface area contributed by atoms with Crippen LogP contribution in [0.15, 0.2) is 0 Å². The first kappa shape index (κ1) is 10.4. The standard InChI is InChI=1S/C11H22N2O/c14-11(5-6-11)9-12-8-10-4-2-1-3-7-13-10/h10,12-14H,1-9H2. The molecule has 3 N–H and O–H groups in total. The summed E-state index contributed by atoms with van der Waals surface area (Å²) in [6.45, 7) is 2.96. The molecule has 1 aliphatic carbocycles. The Kier molecular flexibility index (Phi) is 3.42. The molecular weight excluding hydrogens is 176 g/mol. The third kappa shape index (κ3) is 3.23. The zero-order valence-electron chi connectivity index (χ0n) is 8.89. The van der Waals surface area contributed by atoms with Gasteiger partial charge in [-0.3, -0.25) is 0 Å². The van der Waals surface area contributed by atoms with Crippen molar-refractivity contribution in [3.63, 3.8) is 0 Å². The molecule has 2 fully saturated rings. The molecule has 0 aromatic carbocycles. The summed E-state index contributed by atoms with van der Waals surface area (Å²) in [4.78, 5) is 0. The second-order valence-electron chi connectivity index (χ2n) is 4.86. The van der Waals surface area contributed by atoms with Crippen LogP contribution in [-0.4, -0.2) is 36.4 Å². The van der Waals surface area contributed by atoms with Gasteiger partial charge in [0.2, 0.25) is 0 Å². The molecule has 14 heavy (non-hydrogen) atoms. The summed E-state index contributed by atoms with van der Waals surface area (Å²) in [6, 6.07) is 0.625. The predicted molar refractivity (Wildman–Crippen MR) is 57.3 cm³/mol. The Morgan fingerprint density at radius 2 is 2.14 bits per heavy atom. The smallest absolute Gasteiger partial charge is 0.0773 e. The lowest BCUT2D eigenvalue weighted by atomic mass is 10.1. The number of hydrogen-bond donors (Lipinski definition) is 3. The molecule has 1 aliphatic heterocycles. The van der Waals surface area contributed by atoms with Crippen molar-refractivity contribution in [3.05, 3.63) is 0 Å². The molecule has 2 aliphatic rings. The molecule has 0 aromatic heterocycles. The zero-order valence-corrected chi connectivity index (χ0v) is 8.89. The van der Waals surface area contributed by atoms with Crippen LogP contribution < -0.4 is 10.6 Å². The van der Waals surface area contributed by atoms with E-state index < -0.39 is 0 Å². The Hall–Kier alpha value is -0.120. The Morgan fingerprint density at radius 1 is 1.29 bits per heavy atom. The zero-order chi connectivity index (χ0) is 9.86. The molecule has 3 nitrogen and oxygen atoms in total. The van der Waals surface area contributed by atoms with E-state index >= 15 is 0 Å². The van der Waals surface area contributed by atoms with Crippen LogP contribution in [0.3, 0.4) is 0 Å². The van der Waals surface area contributed by atoms with E-state index in [-0.39, 0.29) is 5.60 Å². The molecule has 2 rings (SSSR count). The summed E-state index contributed by atoms with van der Waals surface area (Å²) in [5.41, 5.74) is -0.343. The molecule has 0 aromatic rings. The number of nitrogens with one attached hydrogen (secondary N) is 2. The number of rotatable bonds is 4. The first-order valence-corrected chi connectivity index (χ1v) is 5.95. The Balaban J connectivity index is 1.59. The van der Waals surface area contributed by atoms with Crippen molar-refractivity contribution in [2.45, 2.75) is 50.2 Å². The largest absolute Gasteiger partial charge is 0.389 e. The van der Waals surface area contributed by atoms with E-state index in [2.05, 4.69) is 10.6 Å². The fourth-order valence-electron chi connectivity index (χ4n) is 2.08. The highest BCUT2D eigenvalue weighted by Crippen LogP contribution is 2.33. The molecule has 0 bridgehead atoms.